The molecule has 0 spiro atoms. The van der Waals surface area contributed by atoms with E-state index in [9.17, 15) is 9.59 Å². The van der Waals surface area contributed by atoms with E-state index < -0.39 is 0 Å². The van der Waals surface area contributed by atoms with E-state index in [0.29, 0.717) is 22.2 Å². The third-order valence-electron chi connectivity index (χ3n) is 1.77. The molecule has 0 aromatic carbocycles. The van der Waals surface area contributed by atoms with E-state index in [1.54, 1.807) is 12.5 Å². The molecule has 2 aromatic rings. The molecule has 4 nitrogen and oxygen atoms in total. The Bertz CT molecular complexity index is 538. The van der Waals surface area contributed by atoms with Gasteiger partial charge in [-0.05, 0) is 0 Å². The fourth-order valence-corrected chi connectivity index (χ4v) is 2.44. The average molecular weight is 278 g/mol. The molecule has 0 aliphatic rings. The first kappa shape index (κ1) is 14.6. The summed E-state index contributed by atoms with van der Waals surface area (Å²) in [4.78, 5) is 26.5. The van der Waals surface area contributed by atoms with Gasteiger partial charge in [-0.15, -0.1) is 17.1 Å². The Morgan fingerprint density at radius 1 is 1.56 bits per heavy atom. The largest absolute Gasteiger partial charge is 1.00 e. The summed E-state index contributed by atoms with van der Waals surface area (Å²) in [6.45, 7) is 0. The minimum atomic E-state index is -0.0769. The van der Waals surface area contributed by atoms with Crippen LogP contribution < -0.4 is 56.9 Å². The van der Waals surface area contributed by atoms with Crippen molar-refractivity contribution in [3.05, 3.63) is 33.7 Å². The summed E-state index contributed by atoms with van der Waals surface area (Å²) in [6.07, 6.45) is 3.49. The SMILES string of the molecule is O=[C-]CSCc1cc(=O)n2ccsc2n1.[K+]. The summed E-state index contributed by atoms with van der Waals surface area (Å²) >= 11 is 2.82. The zero-order chi connectivity index (χ0) is 10.7. The molecule has 0 bridgehead atoms. The molecule has 78 valence electrons. The van der Waals surface area contributed by atoms with Gasteiger partial charge in [-0.2, -0.15) is 11.8 Å². The zero-order valence-electron chi connectivity index (χ0n) is 8.67. The average Bonchev–Trinajstić information content (AvgIpc) is 2.66. The Labute approximate surface area is 143 Å². The molecule has 0 amide bonds. The number of carbonyl (C=O) groups excluding carboxylic acids is 1. The molecule has 0 saturated carbocycles. The Hall–Kier alpha value is 0.496. The van der Waals surface area contributed by atoms with E-state index in [2.05, 4.69) is 4.98 Å². The second kappa shape index (κ2) is 7.05. The summed E-state index contributed by atoms with van der Waals surface area (Å²) in [5, 5.41) is 1.82. The summed E-state index contributed by atoms with van der Waals surface area (Å²) < 4.78 is 1.50. The van der Waals surface area contributed by atoms with Gasteiger partial charge in [0.15, 0.2) is 4.96 Å². The minimum Gasteiger partial charge on any atom is -0.541 e. The predicted octanol–water partition coefficient (Wildman–Crippen LogP) is -1.90. The van der Waals surface area contributed by atoms with Gasteiger partial charge in [-0.3, -0.25) is 15.5 Å². The van der Waals surface area contributed by atoms with Crippen LogP contribution in [0.25, 0.3) is 4.96 Å². The number of nitrogens with zero attached hydrogens (tertiary/aromatic N) is 2. The monoisotopic (exact) mass is 278 g/mol. The van der Waals surface area contributed by atoms with E-state index in [1.165, 1.54) is 33.6 Å². The van der Waals surface area contributed by atoms with Gasteiger partial charge in [0.05, 0.1) is 5.69 Å². The number of thiazole rings is 1. The first-order chi connectivity index (χ1) is 7.31. The van der Waals surface area contributed by atoms with E-state index >= 15 is 0 Å². The third kappa shape index (κ3) is 3.49. The molecule has 0 atom stereocenters. The molecule has 7 heteroatoms. The number of hydrogen-bond donors (Lipinski definition) is 0. The summed E-state index contributed by atoms with van der Waals surface area (Å²) in [5.41, 5.74) is 0.634. The molecule has 0 unspecified atom stereocenters. The molecule has 2 rings (SSSR count). The summed E-state index contributed by atoms with van der Waals surface area (Å²) in [5.74, 6) is 0.879. The van der Waals surface area contributed by atoms with Crippen LogP contribution in [0.5, 0.6) is 0 Å². The van der Waals surface area contributed by atoms with Crippen molar-refractivity contribution in [3.63, 3.8) is 0 Å². The van der Waals surface area contributed by atoms with Crippen molar-refractivity contribution in [2.75, 3.05) is 5.75 Å². The van der Waals surface area contributed by atoms with Crippen molar-refractivity contribution in [1.82, 2.24) is 9.38 Å². The van der Waals surface area contributed by atoms with E-state index in [1.807, 2.05) is 5.38 Å². The standard InChI is InChI=1S/C9H7N2O2S2.K/c12-2-4-14-6-7-5-8(13)11-1-3-15-9(11)10-7;/h1,3,5H,4,6H2;/q-1;+1. The van der Waals surface area contributed by atoms with Gasteiger partial charge in [0.2, 0.25) is 0 Å². The summed E-state index contributed by atoms with van der Waals surface area (Å²) in [7, 11) is 0. The molecule has 0 fully saturated rings. The van der Waals surface area contributed by atoms with Crippen molar-refractivity contribution >= 4 is 34.3 Å². The maximum absolute atomic E-state index is 11.5. The van der Waals surface area contributed by atoms with Crippen LogP contribution in [0.15, 0.2) is 22.4 Å². The van der Waals surface area contributed by atoms with Crippen LogP contribution in [-0.2, 0) is 10.5 Å². The minimum absolute atomic E-state index is 0. The van der Waals surface area contributed by atoms with E-state index in [-0.39, 0.29) is 56.9 Å². The predicted molar refractivity (Wildman–Crippen MR) is 61.2 cm³/mol. The van der Waals surface area contributed by atoms with Crippen molar-refractivity contribution < 1.29 is 56.2 Å². The van der Waals surface area contributed by atoms with Crippen molar-refractivity contribution in [3.8, 4) is 0 Å². The quantitative estimate of drug-likeness (QED) is 0.372. The molecule has 0 aliphatic carbocycles. The molecule has 0 radical (unpaired) electrons. The summed E-state index contributed by atoms with van der Waals surface area (Å²) in [6, 6.07) is 1.50. The van der Waals surface area contributed by atoms with Gasteiger partial charge in [-0.25, -0.2) is 4.98 Å². The van der Waals surface area contributed by atoms with Crippen LogP contribution in [0.1, 0.15) is 5.69 Å². The number of fused-ring (bicyclic) bond motifs is 1. The smallest absolute Gasteiger partial charge is 0.541 e. The van der Waals surface area contributed by atoms with Gasteiger partial charge in [0, 0.05) is 23.4 Å². The molecule has 0 saturated heterocycles. The van der Waals surface area contributed by atoms with Crippen LogP contribution in [-0.4, -0.2) is 21.4 Å². The zero-order valence-corrected chi connectivity index (χ0v) is 13.4. The van der Waals surface area contributed by atoms with Gasteiger partial charge in [0.25, 0.3) is 5.56 Å². The maximum atomic E-state index is 11.5. The van der Waals surface area contributed by atoms with Crippen LogP contribution in [0, 0.1) is 0 Å². The topological polar surface area (TPSA) is 51.4 Å². The Kier molecular flexibility index (Phi) is 6.41. The number of hydrogen-bond acceptors (Lipinski definition) is 5. The first-order valence-electron chi connectivity index (χ1n) is 4.20. The first-order valence-corrected chi connectivity index (χ1v) is 6.23. The molecule has 16 heavy (non-hydrogen) atoms. The molecule has 0 aliphatic heterocycles. The fourth-order valence-electron chi connectivity index (χ4n) is 1.16. The van der Waals surface area contributed by atoms with Gasteiger partial charge in [0.1, 0.15) is 0 Å². The van der Waals surface area contributed by atoms with Gasteiger partial charge < -0.3 is 4.79 Å². The van der Waals surface area contributed by atoms with Crippen LogP contribution in [0.3, 0.4) is 0 Å². The molecule has 2 aromatic heterocycles. The number of rotatable bonds is 4. The van der Waals surface area contributed by atoms with Crippen molar-refractivity contribution in [2.24, 2.45) is 0 Å². The second-order valence-corrected chi connectivity index (χ2v) is 4.64. The molecular weight excluding hydrogens is 271 g/mol. The van der Waals surface area contributed by atoms with E-state index in [0.717, 1.165) is 0 Å². The third-order valence-corrected chi connectivity index (χ3v) is 3.35. The molecular formula is C9H7KN2O2S2. The Morgan fingerprint density at radius 2 is 2.38 bits per heavy atom. The van der Waals surface area contributed by atoms with E-state index in [4.69, 9.17) is 0 Å². The second-order valence-electron chi connectivity index (χ2n) is 2.78. The Morgan fingerprint density at radius 3 is 3.12 bits per heavy atom. The van der Waals surface area contributed by atoms with Crippen molar-refractivity contribution in [2.45, 2.75) is 5.75 Å². The number of thioether (sulfide) groups is 1. The molecule has 0 N–H and O–H groups in total. The van der Waals surface area contributed by atoms with Gasteiger partial charge in [-0.1, -0.05) is 0 Å². The van der Waals surface area contributed by atoms with Crippen LogP contribution in [0.4, 0.5) is 0 Å². The van der Waals surface area contributed by atoms with Crippen LogP contribution in [0.2, 0.25) is 0 Å². The molecule has 2 heterocycles. The van der Waals surface area contributed by atoms with Crippen molar-refractivity contribution in [1.29, 1.82) is 0 Å². The fraction of sp³-hybridized carbons (Fsp3) is 0.222. The normalized spacial score (nSPS) is 10.0. The maximum Gasteiger partial charge on any atom is 1.00 e. The number of aromatic nitrogens is 2. The van der Waals surface area contributed by atoms with Crippen LogP contribution >= 0.6 is 23.1 Å². The van der Waals surface area contributed by atoms with Gasteiger partial charge >= 0.3 is 51.4 Å². The Balaban J connectivity index is 0.00000128.